The molecule has 1 heterocycles. The number of benzene rings is 2. The first-order chi connectivity index (χ1) is 13.8. The van der Waals surface area contributed by atoms with Gasteiger partial charge < -0.3 is 10.2 Å². The van der Waals surface area contributed by atoms with Gasteiger partial charge in [-0.2, -0.15) is 5.10 Å². The number of hydrogen-bond acceptors (Lipinski definition) is 6. The Morgan fingerprint density at radius 3 is 2.59 bits per heavy atom. The normalized spacial score (nSPS) is 17.7. The van der Waals surface area contributed by atoms with Gasteiger partial charge in [0, 0.05) is 31.8 Å². The van der Waals surface area contributed by atoms with E-state index in [0.717, 1.165) is 22.4 Å². The summed E-state index contributed by atoms with van der Waals surface area (Å²) in [5, 5.41) is 10.8. The Morgan fingerprint density at radius 1 is 1.17 bits per heavy atom. The number of hydrogen-bond donors (Lipinski definition) is 1. The summed E-state index contributed by atoms with van der Waals surface area (Å²) in [5.41, 5.74) is 4.63. The fourth-order valence-corrected chi connectivity index (χ4v) is 3.83. The molecule has 7 heteroatoms. The van der Waals surface area contributed by atoms with Crippen LogP contribution in [0.15, 0.2) is 52.7 Å². The van der Waals surface area contributed by atoms with Crippen molar-refractivity contribution in [3.8, 4) is 0 Å². The van der Waals surface area contributed by atoms with Crippen LogP contribution in [0.5, 0.6) is 0 Å². The minimum Gasteiger partial charge on any atom is -0.378 e. The number of ketones is 1. The average molecular weight is 409 g/mol. The number of Topliss-reactive ketones (excluding diaryl/α,β-unsaturated/α-hetero) is 1. The molecule has 1 saturated heterocycles. The number of amidine groups is 1. The molecular formula is C22H24N4O2S. The minimum absolute atomic E-state index is 0.0374. The Hall–Kier alpha value is -2.93. The molecule has 6 nitrogen and oxygen atoms in total. The van der Waals surface area contributed by atoms with E-state index in [-0.39, 0.29) is 18.1 Å². The van der Waals surface area contributed by atoms with E-state index in [9.17, 15) is 9.59 Å². The van der Waals surface area contributed by atoms with Gasteiger partial charge in [0.1, 0.15) is 0 Å². The van der Waals surface area contributed by atoms with Gasteiger partial charge in [-0.05, 0) is 43.2 Å². The van der Waals surface area contributed by atoms with E-state index in [4.69, 9.17) is 0 Å². The first kappa shape index (κ1) is 20.8. The van der Waals surface area contributed by atoms with Crippen molar-refractivity contribution in [2.45, 2.75) is 25.5 Å². The summed E-state index contributed by atoms with van der Waals surface area (Å²) in [5.74, 6) is -0.248. The van der Waals surface area contributed by atoms with Crippen molar-refractivity contribution in [2.24, 2.45) is 10.2 Å². The lowest BCUT2D eigenvalue weighted by Gasteiger charge is -2.11. The molecule has 0 radical (unpaired) electrons. The first-order valence-electron chi connectivity index (χ1n) is 9.30. The van der Waals surface area contributed by atoms with Crippen molar-refractivity contribution in [2.75, 3.05) is 19.0 Å². The molecule has 0 aliphatic carbocycles. The number of rotatable bonds is 6. The molecule has 150 valence electrons. The molecule has 2 aromatic carbocycles. The summed E-state index contributed by atoms with van der Waals surface area (Å²) in [7, 11) is 3.97. The molecule has 1 aliphatic rings. The molecule has 1 aliphatic heterocycles. The minimum atomic E-state index is -0.490. The monoisotopic (exact) mass is 408 g/mol. The Morgan fingerprint density at radius 2 is 1.90 bits per heavy atom. The first-order valence-corrected chi connectivity index (χ1v) is 10.2. The SMILES string of the molecule is Cc1ccc(C)c(C(=O)CC2S/C(=N/N=C/c3ccc(N(C)C)cc3)NC2=O)c1. The summed E-state index contributed by atoms with van der Waals surface area (Å²) >= 11 is 1.24. The van der Waals surface area contributed by atoms with Crippen molar-refractivity contribution in [3.63, 3.8) is 0 Å². The Kier molecular flexibility index (Phi) is 6.49. The summed E-state index contributed by atoms with van der Waals surface area (Å²) in [6.45, 7) is 3.85. The van der Waals surface area contributed by atoms with E-state index >= 15 is 0 Å². The number of thioether (sulfide) groups is 1. The number of nitrogens with zero attached hydrogens (tertiary/aromatic N) is 3. The topological polar surface area (TPSA) is 74.1 Å². The molecule has 0 spiro atoms. The molecule has 1 N–H and O–H groups in total. The molecule has 29 heavy (non-hydrogen) atoms. The van der Waals surface area contributed by atoms with E-state index < -0.39 is 5.25 Å². The van der Waals surface area contributed by atoms with Crippen LogP contribution in [0.2, 0.25) is 0 Å². The average Bonchev–Trinajstić information content (AvgIpc) is 3.03. The van der Waals surface area contributed by atoms with Gasteiger partial charge in [-0.1, -0.05) is 41.6 Å². The van der Waals surface area contributed by atoms with Crippen LogP contribution >= 0.6 is 11.8 Å². The zero-order valence-electron chi connectivity index (χ0n) is 17.0. The molecule has 1 fully saturated rings. The van der Waals surface area contributed by atoms with E-state index in [1.165, 1.54) is 11.8 Å². The third-order valence-corrected chi connectivity index (χ3v) is 5.68. The second kappa shape index (κ2) is 9.05. The van der Waals surface area contributed by atoms with Gasteiger partial charge >= 0.3 is 0 Å². The number of carbonyl (C=O) groups excluding carboxylic acids is 2. The van der Waals surface area contributed by atoms with Crippen LogP contribution in [0.25, 0.3) is 0 Å². The van der Waals surface area contributed by atoms with Gasteiger partial charge in [0.05, 0.1) is 11.5 Å². The molecule has 3 rings (SSSR count). The van der Waals surface area contributed by atoms with E-state index in [1.807, 2.05) is 75.3 Å². The Bertz CT molecular complexity index is 981. The van der Waals surface area contributed by atoms with Crippen molar-refractivity contribution in [1.82, 2.24) is 5.32 Å². The van der Waals surface area contributed by atoms with Crippen LogP contribution in [0.3, 0.4) is 0 Å². The molecule has 1 unspecified atom stereocenters. The maximum absolute atomic E-state index is 12.6. The summed E-state index contributed by atoms with van der Waals surface area (Å²) < 4.78 is 0. The van der Waals surface area contributed by atoms with Gasteiger partial charge in [0.25, 0.3) is 0 Å². The standard InChI is InChI=1S/C22H24N4O2S/c1-14-5-6-15(2)18(11-14)19(27)12-20-21(28)24-22(29-20)25-23-13-16-7-9-17(10-8-16)26(3)4/h5-11,13,20H,12H2,1-4H3,(H,24,25,28)/b23-13+. The van der Waals surface area contributed by atoms with Gasteiger partial charge in [-0.15, -0.1) is 5.10 Å². The van der Waals surface area contributed by atoms with Gasteiger partial charge in [0.15, 0.2) is 11.0 Å². The van der Waals surface area contributed by atoms with E-state index in [1.54, 1.807) is 6.21 Å². The zero-order chi connectivity index (χ0) is 21.0. The van der Waals surface area contributed by atoms with Crippen molar-refractivity contribution in [3.05, 3.63) is 64.7 Å². The molecule has 0 bridgehead atoms. The summed E-state index contributed by atoms with van der Waals surface area (Å²) in [4.78, 5) is 26.9. The zero-order valence-corrected chi connectivity index (χ0v) is 17.8. The number of amides is 1. The Labute approximate surface area is 175 Å². The van der Waals surface area contributed by atoms with Crippen molar-refractivity contribution < 1.29 is 9.59 Å². The third kappa shape index (κ3) is 5.32. The number of anilines is 1. The van der Waals surface area contributed by atoms with Crippen LogP contribution in [0, 0.1) is 13.8 Å². The number of nitrogens with one attached hydrogen (secondary N) is 1. The summed E-state index contributed by atoms with van der Waals surface area (Å²) in [6, 6.07) is 13.7. The maximum Gasteiger partial charge on any atom is 0.240 e. The molecule has 2 aromatic rings. The highest BCUT2D eigenvalue weighted by Gasteiger charge is 2.32. The van der Waals surface area contributed by atoms with Gasteiger partial charge in [0.2, 0.25) is 5.91 Å². The van der Waals surface area contributed by atoms with E-state index in [2.05, 4.69) is 15.5 Å². The smallest absolute Gasteiger partial charge is 0.240 e. The molecule has 0 saturated carbocycles. The van der Waals surface area contributed by atoms with Crippen LogP contribution in [0.4, 0.5) is 5.69 Å². The predicted molar refractivity (Wildman–Crippen MR) is 120 cm³/mol. The van der Waals surface area contributed by atoms with Crippen LogP contribution in [-0.2, 0) is 4.79 Å². The quantitative estimate of drug-likeness (QED) is 0.451. The molecule has 1 amide bonds. The van der Waals surface area contributed by atoms with Crippen LogP contribution in [0.1, 0.15) is 33.5 Å². The third-order valence-electron chi connectivity index (χ3n) is 4.61. The largest absolute Gasteiger partial charge is 0.378 e. The van der Waals surface area contributed by atoms with Gasteiger partial charge in [-0.3, -0.25) is 9.59 Å². The van der Waals surface area contributed by atoms with Crippen LogP contribution in [-0.4, -0.2) is 42.4 Å². The number of aryl methyl sites for hydroxylation is 2. The molecule has 1 atom stereocenters. The highest BCUT2D eigenvalue weighted by molar-refractivity contribution is 8.15. The van der Waals surface area contributed by atoms with Gasteiger partial charge in [-0.25, -0.2) is 0 Å². The highest BCUT2D eigenvalue weighted by atomic mass is 32.2. The fourth-order valence-electron chi connectivity index (χ4n) is 2.91. The maximum atomic E-state index is 12.6. The lowest BCUT2D eigenvalue weighted by atomic mass is 9.99. The van der Waals surface area contributed by atoms with Crippen molar-refractivity contribution >= 4 is 40.5 Å². The number of carbonyl (C=O) groups is 2. The molecular weight excluding hydrogens is 384 g/mol. The summed E-state index contributed by atoms with van der Waals surface area (Å²) in [6.07, 6.45) is 1.77. The predicted octanol–water partition coefficient (Wildman–Crippen LogP) is 3.56. The second-order valence-electron chi connectivity index (χ2n) is 7.18. The molecule has 0 aromatic heterocycles. The Balaban J connectivity index is 1.62. The van der Waals surface area contributed by atoms with Crippen LogP contribution < -0.4 is 10.2 Å². The highest BCUT2D eigenvalue weighted by Crippen LogP contribution is 2.25. The van der Waals surface area contributed by atoms with Crippen molar-refractivity contribution in [1.29, 1.82) is 0 Å². The lowest BCUT2D eigenvalue weighted by Crippen LogP contribution is -2.26. The second-order valence-corrected chi connectivity index (χ2v) is 8.37. The lowest BCUT2D eigenvalue weighted by molar-refractivity contribution is -0.118. The van der Waals surface area contributed by atoms with E-state index in [0.29, 0.717) is 10.7 Å². The fraction of sp³-hybridized carbons (Fsp3) is 0.273.